The molecule has 0 radical (unpaired) electrons. The van der Waals surface area contributed by atoms with E-state index in [0.29, 0.717) is 11.7 Å². The lowest BCUT2D eigenvalue weighted by Crippen LogP contribution is -2.19. The molecular formula is C9H14N2O2S2. The summed E-state index contributed by atoms with van der Waals surface area (Å²) in [6.45, 7) is 1.78. The maximum atomic E-state index is 11.8. The molecule has 1 saturated heterocycles. The molecule has 1 aliphatic heterocycles. The molecule has 1 aromatic rings. The van der Waals surface area contributed by atoms with Gasteiger partial charge in [0.1, 0.15) is 0 Å². The number of hydrogen-bond donors (Lipinski definition) is 1. The van der Waals surface area contributed by atoms with E-state index in [1.54, 1.807) is 11.7 Å². The van der Waals surface area contributed by atoms with Crippen molar-refractivity contribution in [3.8, 4) is 0 Å². The molecule has 1 atom stereocenters. The van der Waals surface area contributed by atoms with Gasteiger partial charge in [-0.15, -0.1) is 11.3 Å². The molecule has 4 nitrogen and oxygen atoms in total. The van der Waals surface area contributed by atoms with Crippen LogP contribution in [0.1, 0.15) is 11.3 Å². The zero-order chi connectivity index (χ0) is 10.7. The largest absolute Gasteiger partial charge is 0.316 e. The summed E-state index contributed by atoms with van der Waals surface area (Å²) in [6, 6.07) is 0. The predicted octanol–water partition coefficient (Wildman–Crippen LogP) is 0.667. The summed E-state index contributed by atoms with van der Waals surface area (Å²) in [5.41, 5.74) is 1.67. The number of nitrogens with zero attached hydrogens (tertiary/aromatic N) is 1. The van der Waals surface area contributed by atoms with E-state index in [0.717, 1.165) is 24.4 Å². The summed E-state index contributed by atoms with van der Waals surface area (Å²) >= 11 is 1.40. The summed E-state index contributed by atoms with van der Waals surface area (Å²) < 4.78 is 23.6. The average molecular weight is 246 g/mol. The van der Waals surface area contributed by atoms with Crippen LogP contribution in [0.4, 0.5) is 0 Å². The van der Waals surface area contributed by atoms with Crippen molar-refractivity contribution in [1.82, 2.24) is 10.3 Å². The average Bonchev–Trinajstić information content (AvgIpc) is 2.75. The molecule has 0 saturated carbocycles. The summed E-state index contributed by atoms with van der Waals surface area (Å²) in [4.78, 5) is 4.71. The first-order chi connectivity index (χ1) is 7.16. The fourth-order valence-corrected chi connectivity index (χ4v) is 4.62. The second-order valence-electron chi connectivity index (χ2n) is 3.88. The quantitative estimate of drug-likeness (QED) is 0.848. The van der Waals surface area contributed by atoms with Crippen LogP contribution in [0.15, 0.2) is 11.7 Å². The predicted molar refractivity (Wildman–Crippen MR) is 60.6 cm³/mol. The van der Waals surface area contributed by atoms with Crippen molar-refractivity contribution in [2.75, 3.05) is 18.8 Å². The van der Waals surface area contributed by atoms with E-state index in [1.807, 2.05) is 0 Å². The standard InChI is InChI=1S/C9H14N2O2S2/c12-15(13,5-8-1-2-10-3-8)6-9-4-11-7-14-9/h4,7-8,10H,1-3,5-6H2/t8-/m0/s1. The number of rotatable bonds is 4. The number of thiazole rings is 1. The van der Waals surface area contributed by atoms with E-state index in [2.05, 4.69) is 10.3 Å². The van der Waals surface area contributed by atoms with Gasteiger partial charge in [0.25, 0.3) is 0 Å². The van der Waals surface area contributed by atoms with E-state index >= 15 is 0 Å². The maximum Gasteiger partial charge on any atom is 0.155 e. The van der Waals surface area contributed by atoms with Crippen LogP contribution < -0.4 is 5.32 Å². The molecule has 2 heterocycles. The lowest BCUT2D eigenvalue weighted by molar-refractivity contribution is 0.570. The van der Waals surface area contributed by atoms with Crippen molar-refractivity contribution in [3.63, 3.8) is 0 Å². The highest BCUT2D eigenvalue weighted by atomic mass is 32.2. The molecule has 0 spiro atoms. The van der Waals surface area contributed by atoms with Gasteiger partial charge >= 0.3 is 0 Å². The first-order valence-corrected chi connectivity index (χ1v) is 7.64. The van der Waals surface area contributed by atoms with Crippen LogP contribution in [-0.2, 0) is 15.6 Å². The number of aromatic nitrogens is 1. The van der Waals surface area contributed by atoms with E-state index in [1.165, 1.54) is 11.3 Å². The van der Waals surface area contributed by atoms with Crippen LogP contribution in [0.3, 0.4) is 0 Å². The normalized spacial score (nSPS) is 22.0. The van der Waals surface area contributed by atoms with Crippen LogP contribution in [0, 0.1) is 5.92 Å². The lowest BCUT2D eigenvalue weighted by atomic mass is 10.2. The Morgan fingerprint density at radius 2 is 2.47 bits per heavy atom. The highest BCUT2D eigenvalue weighted by molar-refractivity contribution is 7.90. The van der Waals surface area contributed by atoms with Crippen LogP contribution in [-0.4, -0.2) is 32.2 Å². The number of sulfone groups is 1. The minimum Gasteiger partial charge on any atom is -0.316 e. The van der Waals surface area contributed by atoms with Crippen LogP contribution in [0.25, 0.3) is 0 Å². The van der Waals surface area contributed by atoms with Crippen LogP contribution >= 0.6 is 11.3 Å². The molecule has 15 heavy (non-hydrogen) atoms. The molecule has 0 aromatic carbocycles. The van der Waals surface area contributed by atoms with Gasteiger partial charge in [-0.25, -0.2) is 8.42 Å². The zero-order valence-electron chi connectivity index (χ0n) is 8.35. The molecule has 1 fully saturated rings. The first kappa shape index (κ1) is 11.0. The van der Waals surface area contributed by atoms with Gasteiger partial charge in [0, 0.05) is 11.1 Å². The fourth-order valence-electron chi connectivity index (χ4n) is 1.80. The van der Waals surface area contributed by atoms with Crippen molar-refractivity contribution in [2.24, 2.45) is 5.92 Å². The Kier molecular flexibility index (Phi) is 3.38. The molecule has 1 N–H and O–H groups in total. The van der Waals surface area contributed by atoms with Gasteiger partial charge in [0.15, 0.2) is 9.84 Å². The molecule has 6 heteroatoms. The summed E-state index contributed by atoms with van der Waals surface area (Å²) in [6.07, 6.45) is 2.61. The Morgan fingerprint density at radius 1 is 1.60 bits per heavy atom. The van der Waals surface area contributed by atoms with Crippen LogP contribution in [0.5, 0.6) is 0 Å². The second-order valence-corrected chi connectivity index (χ2v) is 6.96. The van der Waals surface area contributed by atoms with Crippen molar-refractivity contribution in [3.05, 3.63) is 16.6 Å². The Morgan fingerprint density at radius 3 is 3.07 bits per heavy atom. The fraction of sp³-hybridized carbons (Fsp3) is 0.667. The Labute approximate surface area is 93.7 Å². The van der Waals surface area contributed by atoms with Gasteiger partial charge in [-0.1, -0.05) is 0 Å². The van der Waals surface area contributed by atoms with Crippen molar-refractivity contribution in [2.45, 2.75) is 12.2 Å². The minimum absolute atomic E-state index is 0.147. The molecule has 84 valence electrons. The summed E-state index contributed by atoms with van der Waals surface area (Å²) in [5.74, 6) is 0.745. The summed E-state index contributed by atoms with van der Waals surface area (Å²) in [7, 11) is -2.96. The number of hydrogen-bond acceptors (Lipinski definition) is 5. The van der Waals surface area contributed by atoms with Gasteiger partial charge in [-0.2, -0.15) is 0 Å². The highest BCUT2D eigenvalue weighted by Crippen LogP contribution is 2.16. The minimum atomic E-state index is -2.96. The van der Waals surface area contributed by atoms with Gasteiger partial charge in [-0.05, 0) is 25.4 Å². The van der Waals surface area contributed by atoms with Gasteiger partial charge < -0.3 is 5.32 Å². The Balaban J connectivity index is 1.94. The first-order valence-electron chi connectivity index (χ1n) is 4.94. The van der Waals surface area contributed by atoms with Crippen LogP contribution in [0.2, 0.25) is 0 Å². The SMILES string of the molecule is O=S(=O)(Cc1cncs1)C[C@H]1CCNC1. The van der Waals surface area contributed by atoms with E-state index in [9.17, 15) is 8.42 Å². The van der Waals surface area contributed by atoms with E-state index < -0.39 is 9.84 Å². The van der Waals surface area contributed by atoms with Gasteiger partial charge in [0.05, 0.1) is 17.0 Å². The third-order valence-corrected chi connectivity index (χ3v) is 5.19. The third kappa shape index (κ3) is 3.25. The molecule has 0 bridgehead atoms. The Hall–Kier alpha value is -0.460. The Bertz CT molecular complexity index is 394. The smallest absolute Gasteiger partial charge is 0.155 e. The van der Waals surface area contributed by atoms with Crippen molar-refractivity contribution < 1.29 is 8.42 Å². The molecular weight excluding hydrogens is 232 g/mol. The maximum absolute atomic E-state index is 11.8. The van der Waals surface area contributed by atoms with Gasteiger partial charge in [-0.3, -0.25) is 4.98 Å². The second kappa shape index (κ2) is 4.59. The molecule has 1 aliphatic rings. The monoisotopic (exact) mass is 246 g/mol. The molecule has 0 unspecified atom stereocenters. The summed E-state index contributed by atoms with van der Waals surface area (Å²) in [5, 5.41) is 3.18. The zero-order valence-corrected chi connectivity index (χ0v) is 9.98. The van der Waals surface area contributed by atoms with Gasteiger partial charge in [0.2, 0.25) is 0 Å². The van der Waals surface area contributed by atoms with Crippen molar-refractivity contribution >= 4 is 21.2 Å². The topological polar surface area (TPSA) is 59.1 Å². The lowest BCUT2D eigenvalue weighted by Gasteiger charge is -2.07. The van der Waals surface area contributed by atoms with E-state index in [4.69, 9.17) is 0 Å². The molecule has 0 amide bonds. The molecule has 0 aliphatic carbocycles. The number of nitrogens with one attached hydrogen (secondary N) is 1. The third-order valence-electron chi connectivity index (χ3n) is 2.50. The molecule has 1 aromatic heterocycles. The van der Waals surface area contributed by atoms with Crippen molar-refractivity contribution in [1.29, 1.82) is 0 Å². The highest BCUT2D eigenvalue weighted by Gasteiger charge is 2.22. The van der Waals surface area contributed by atoms with E-state index in [-0.39, 0.29) is 5.75 Å². The molecule has 2 rings (SSSR count).